The van der Waals surface area contributed by atoms with Gasteiger partial charge in [0.1, 0.15) is 5.82 Å². The third-order valence-electron chi connectivity index (χ3n) is 9.81. The highest BCUT2D eigenvalue weighted by atomic mass is 35.5. The molecule has 0 saturated carbocycles. The molecule has 6 rings (SSSR count). The summed E-state index contributed by atoms with van der Waals surface area (Å²) in [7, 11) is -1.10. The molecule has 1 atom stereocenters. The molecule has 1 fully saturated rings. The van der Waals surface area contributed by atoms with Crippen LogP contribution in [0.5, 0.6) is 0 Å². The van der Waals surface area contributed by atoms with Crippen molar-refractivity contribution in [1.29, 1.82) is 0 Å². The average Bonchev–Trinajstić information content (AvgIpc) is 3.19. The lowest BCUT2D eigenvalue weighted by molar-refractivity contribution is -0.137. The molecule has 1 aliphatic heterocycles. The second-order valence-electron chi connectivity index (χ2n) is 14.3. The molecular weight excluding hydrogens is 810 g/mol. The van der Waals surface area contributed by atoms with E-state index in [1.165, 1.54) is 23.9 Å². The lowest BCUT2D eigenvalue weighted by Crippen LogP contribution is -2.46. The third kappa shape index (κ3) is 11.3. The summed E-state index contributed by atoms with van der Waals surface area (Å²) in [5, 5.41) is 3.64. The van der Waals surface area contributed by atoms with E-state index in [0.29, 0.717) is 68.2 Å². The van der Waals surface area contributed by atoms with E-state index in [1.807, 2.05) is 90.6 Å². The highest BCUT2D eigenvalue weighted by Crippen LogP contribution is 2.37. The molecule has 5 aromatic carbocycles. The Balaban J connectivity index is 1.10. The highest BCUT2D eigenvalue weighted by molar-refractivity contribution is 7.99. The van der Waals surface area contributed by atoms with Crippen LogP contribution in [-0.4, -0.2) is 82.7 Å². The molecule has 8 nitrogen and oxygen atoms in total. The van der Waals surface area contributed by atoms with Gasteiger partial charge in [0.15, 0.2) is 0 Å². The van der Waals surface area contributed by atoms with Crippen molar-refractivity contribution in [3.8, 4) is 11.1 Å². The van der Waals surface area contributed by atoms with E-state index in [1.54, 1.807) is 4.72 Å². The van der Waals surface area contributed by atoms with Gasteiger partial charge in [-0.1, -0.05) is 66.2 Å². The lowest BCUT2D eigenvalue weighted by atomic mass is 9.99. The molecular formula is C43H44ClF4N5O3S2. The van der Waals surface area contributed by atoms with Crippen LogP contribution in [0, 0.1) is 5.82 Å². The van der Waals surface area contributed by atoms with E-state index in [0.717, 1.165) is 39.8 Å². The van der Waals surface area contributed by atoms with Crippen LogP contribution < -0.4 is 14.9 Å². The van der Waals surface area contributed by atoms with Crippen LogP contribution in [-0.2, 0) is 22.7 Å². The van der Waals surface area contributed by atoms with Crippen molar-refractivity contribution in [1.82, 2.24) is 14.5 Å². The Morgan fingerprint density at radius 2 is 1.57 bits per heavy atom. The Kier molecular flexibility index (Phi) is 14.1. The van der Waals surface area contributed by atoms with E-state index < -0.39 is 50.0 Å². The number of hydrogen-bond donors (Lipinski definition) is 2. The molecule has 5 aromatic rings. The van der Waals surface area contributed by atoms with E-state index >= 15 is 4.39 Å². The molecule has 1 amide bonds. The molecule has 1 aliphatic rings. The van der Waals surface area contributed by atoms with E-state index in [9.17, 15) is 26.4 Å². The fourth-order valence-corrected chi connectivity index (χ4v) is 8.80. The molecule has 0 radical (unpaired) electrons. The zero-order valence-electron chi connectivity index (χ0n) is 32.0. The van der Waals surface area contributed by atoms with Crippen LogP contribution in [0.3, 0.4) is 0 Å². The Hall–Kier alpha value is -4.60. The minimum Gasteiger partial charge on any atom is -0.381 e. The van der Waals surface area contributed by atoms with Crippen molar-refractivity contribution in [2.75, 3.05) is 62.8 Å². The zero-order chi connectivity index (χ0) is 41.5. The number of piperazine rings is 1. The SMILES string of the molecule is CN(C)CC[C@H](CSc1ccccc1)Nc1ccc(S(=O)(=O)NC(=O)c2ccc(N3CCN(Cc4ccccc4-c4ccc(Cl)cc4)CC3)cc2F)cc1C(F)(F)F. The van der Waals surface area contributed by atoms with Gasteiger partial charge in [-0.05, 0) is 104 Å². The number of hydrogen-bond acceptors (Lipinski definition) is 8. The predicted octanol–water partition coefficient (Wildman–Crippen LogP) is 9.13. The first-order valence-electron chi connectivity index (χ1n) is 18.6. The standard InChI is InChI=1S/C43H44ClF4N5O3S2/c1-51(2)21-20-33(29-57-35-9-4-3-5-10-35)49-41-19-17-36(27-39(41)43(46,47)48)58(55,56)50-42(54)38-18-16-34(26-40(38)45)53-24-22-52(23-25-53)28-31-8-6-7-11-37(31)30-12-14-32(44)15-13-30/h3-19,26-27,33,49H,20-25,28-29H2,1-2H3,(H,50,54)/t33-/m1/s1. The summed E-state index contributed by atoms with van der Waals surface area (Å²) in [4.78, 5) is 19.5. The fourth-order valence-electron chi connectivity index (χ4n) is 6.69. The van der Waals surface area contributed by atoms with E-state index in [2.05, 4.69) is 22.3 Å². The summed E-state index contributed by atoms with van der Waals surface area (Å²) in [6.45, 7) is 3.85. The Morgan fingerprint density at radius 1 is 0.879 bits per heavy atom. The minimum atomic E-state index is -4.92. The van der Waals surface area contributed by atoms with E-state index in [4.69, 9.17) is 11.6 Å². The van der Waals surface area contributed by atoms with Gasteiger partial charge in [-0.3, -0.25) is 9.69 Å². The molecule has 306 valence electrons. The summed E-state index contributed by atoms with van der Waals surface area (Å²) >= 11 is 7.58. The monoisotopic (exact) mass is 853 g/mol. The van der Waals surface area contributed by atoms with Gasteiger partial charge < -0.3 is 15.1 Å². The first-order chi connectivity index (χ1) is 27.7. The number of nitrogens with zero attached hydrogens (tertiary/aromatic N) is 3. The van der Waals surface area contributed by atoms with Crippen molar-refractivity contribution in [3.63, 3.8) is 0 Å². The van der Waals surface area contributed by atoms with Crippen LogP contribution in [0.25, 0.3) is 11.1 Å². The molecule has 0 aromatic heterocycles. The van der Waals surface area contributed by atoms with Crippen molar-refractivity contribution in [3.05, 3.63) is 143 Å². The number of thioether (sulfide) groups is 1. The number of carbonyl (C=O) groups excluding carboxylic acids is 1. The fraction of sp³-hybridized carbons (Fsp3) is 0.279. The Labute approximate surface area is 346 Å². The summed E-state index contributed by atoms with van der Waals surface area (Å²) in [6, 6.07) is 31.3. The van der Waals surface area contributed by atoms with Crippen molar-refractivity contribution in [2.45, 2.75) is 35.0 Å². The maximum Gasteiger partial charge on any atom is 0.418 e. The van der Waals surface area contributed by atoms with Gasteiger partial charge in [-0.2, -0.15) is 13.2 Å². The number of rotatable bonds is 15. The van der Waals surface area contributed by atoms with Gasteiger partial charge >= 0.3 is 6.18 Å². The van der Waals surface area contributed by atoms with E-state index in [-0.39, 0.29) is 5.69 Å². The van der Waals surface area contributed by atoms with Gasteiger partial charge in [0, 0.05) is 65.8 Å². The summed E-state index contributed by atoms with van der Waals surface area (Å²) < 4.78 is 87.1. The number of carbonyl (C=O) groups is 1. The number of benzene rings is 5. The first kappa shape index (κ1) is 43.0. The number of amides is 1. The highest BCUT2D eigenvalue weighted by Gasteiger charge is 2.36. The summed E-state index contributed by atoms with van der Waals surface area (Å²) in [5.41, 5.74) is 1.81. The van der Waals surface area contributed by atoms with Crippen molar-refractivity contribution in [2.24, 2.45) is 0 Å². The summed E-state index contributed by atoms with van der Waals surface area (Å²) in [6.07, 6.45) is -4.41. The average molecular weight is 854 g/mol. The Bertz CT molecular complexity index is 2290. The minimum absolute atomic E-state index is 0.291. The van der Waals surface area contributed by atoms with Gasteiger partial charge in [0.2, 0.25) is 0 Å². The Morgan fingerprint density at radius 3 is 2.24 bits per heavy atom. The van der Waals surface area contributed by atoms with Crippen LogP contribution in [0.4, 0.5) is 28.9 Å². The quantitative estimate of drug-likeness (QED) is 0.0798. The molecule has 1 saturated heterocycles. The molecule has 0 spiro atoms. The van der Waals surface area contributed by atoms with Crippen LogP contribution >= 0.6 is 23.4 Å². The number of anilines is 2. The normalized spacial score (nSPS) is 14.4. The molecule has 1 heterocycles. The van der Waals surface area contributed by atoms with Gasteiger partial charge in [-0.15, -0.1) is 11.8 Å². The maximum absolute atomic E-state index is 15.4. The van der Waals surface area contributed by atoms with Gasteiger partial charge in [0.05, 0.1) is 16.0 Å². The van der Waals surface area contributed by atoms with Crippen molar-refractivity contribution < 1.29 is 30.8 Å². The predicted molar refractivity (Wildman–Crippen MR) is 225 cm³/mol. The van der Waals surface area contributed by atoms with Crippen LogP contribution in [0.2, 0.25) is 5.02 Å². The van der Waals surface area contributed by atoms with Gasteiger partial charge in [-0.25, -0.2) is 17.5 Å². The lowest BCUT2D eigenvalue weighted by Gasteiger charge is -2.36. The second kappa shape index (κ2) is 19.0. The largest absolute Gasteiger partial charge is 0.418 e. The number of nitrogens with one attached hydrogen (secondary N) is 2. The molecule has 0 bridgehead atoms. The van der Waals surface area contributed by atoms with Crippen LogP contribution in [0.15, 0.2) is 125 Å². The van der Waals surface area contributed by atoms with Gasteiger partial charge in [0.25, 0.3) is 15.9 Å². The molecule has 0 aliphatic carbocycles. The maximum atomic E-state index is 15.4. The second-order valence-corrected chi connectivity index (χ2v) is 17.5. The summed E-state index contributed by atoms with van der Waals surface area (Å²) in [5.74, 6) is -1.81. The number of alkyl halides is 3. The molecule has 58 heavy (non-hydrogen) atoms. The topological polar surface area (TPSA) is 85.0 Å². The first-order valence-corrected chi connectivity index (χ1v) is 21.5. The smallest absolute Gasteiger partial charge is 0.381 e. The molecule has 2 N–H and O–H groups in total. The van der Waals surface area contributed by atoms with Crippen molar-refractivity contribution >= 4 is 50.7 Å². The number of sulfonamides is 1. The molecule has 0 unspecified atom stereocenters. The molecule has 15 heteroatoms. The number of halogens is 5. The zero-order valence-corrected chi connectivity index (χ0v) is 34.4. The van der Waals surface area contributed by atoms with Crippen LogP contribution in [0.1, 0.15) is 27.9 Å². The third-order valence-corrected chi connectivity index (χ3v) is 12.6.